The molecule has 0 amide bonds. The van der Waals surface area contributed by atoms with Crippen LogP contribution in [0.3, 0.4) is 0 Å². The first kappa shape index (κ1) is 15.4. The minimum absolute atomic E-state index is 0.699. The number of methoxy groups -OCH3 is 1. The Morgan fingerprint density at radius 2 is 1.76 bits per heavy atom. The van der Waals surface area contributed by atoms with Gasteiger partial charge in [-0.25, -0.2) is 0 Å². The largest absolute Gasteiger partial charge is 0.497 e. The summed E-state index contributed by atoms with van der Waals surface area (Å²) in [5.41, 5.74) is 9.37. The molecule has 2 rings (SSSR count). The lowest BCUT2D eigenvalue weighted by Gasteiger charge is -2.23. The Morgan fingerprint density at radius 1 is 1.05 bits per heavy atom. The summed E-state index contributed by atoms with van der Waals surface area (Å²) >= 11 is 0. The van der Waals surface area contributed by atoms with Gasteiger partial charge in [0.2, 0.25) is 0 Å². The maximum absolute atomic E-state index is 5.58. The average Bonchev–Trinajstić information content (AvgIpc) is 2.54. The van der Waals surface area contributed by atoms with E-state index in [0.717, 1.165) is 25.3 Å². The molecule has 0 aliphatic heterocycles. The van der Waals surface area contributed by atoms with E-state index in [-0.39, 0.29) is 0 Å². The van der Waals surface area contributed by atoms with Crippen LogP contribution >= 0.6 is 0 Å². The van der Waals surface area contributed by atoms with Gasteiger partial charge in [0.15, 0.2) is 0 Å². The Kier molecular flexibility index (Phi) is 5.64. The zero-order valence-electron chi connectivity index (χ0n) is 12.9. The molecule has 3 heteroatoms. The minimum atomic E-state index is 0.699. The van der Waals surface area contributed by atoms with E-state index in [1.807, 2.05) is 12.1 Å². The van der Waals surface area contributed by atoms with E-state index >= 15 is 0 Å². The number of ether oxygens (including phenoxy) is 1. The number of hydrogen-bond acceptors (Lipinski definition) is 3. The van der Waals surface area contributed by atoms with E-state index in [9.17, 15) is 0 Å². The van der Waals surface area contributed by atoms with Crippen molar-refractivity contribution in [1.29, 1.82) is 0 Å². The first-order valence-corrected chi connectivity index (χ1v) is 7.43. The third kappa shape index (κ3) is 4.23. The fourth-order valence-corrected chi connectivity index (χ4v) is 2.39. The number of benzene rings is 2. The van der Waals surface area contributed by atoms with Crippen LogP contribution in [-0.2, 0) is 13.0 Å². The molecular formula is C18H24N2O. The summed E-state index contributed by atoms with van der Waals surface area (Å²) in [5.74, 6) is 0.893. The lowest BCUT2D eigenvalue weighted by Crippen LogP contribution is -2.21. The van der Waals surface area contributed by atoms with Crippen molar-refractivity contribution in [2.75, 3.05) is 25.1 Å². The highest BCUT2D eigenvalue weighted by Crippen LogP contribution is 2.22. The second-order valence-corrected chi connectivity index (χ2v) is 5.07. The number of hydrogen-bond donors (Lipinski definition) is 1. The molecule has 0 bridgehead atoms. The minimum Gasteiger partial charge on any atom is -0.497 e. The molecular weight excluding hydrogens is 260 g/mol. The molecule has 2 aromatic rings. The molecule has 112 valence electrons. The quantitative estimate of drug-likeness (QED) is 0.848. The molecule has 0 saturated carbocycles. The molecule has 0 saturated heterocycles. The standard InChI is InChI=1S/C18H24N2O/c1-3-20(17-5-4-6-18(13-17)21-2)14-16-9-7-15(8-10-16)11-12-19/h4-10,13H,3,11-12,14,19H2,1-2H3. The molecule has 0 aliphatic rings. The van der Waals surface area contributed by atoms with Crippen LogP contribution in [0.2, 0.25) is 0 Å². The van der Waals surface area contributed by atoms with Crippen molar-refractivity contribution in [3.05, 3.63) is 59.7 Å². The van der Waals surface area contributed by atoms with E-state index in [1.54, 1.807) is 7.11 Å². The molecule has 0 fully saturated rings. The van der Waals surface area contributed by atoms with Gasteiger partial charge in [-0.15, -0.1) is 0 Å². The van der Waals surface area contributed by atoms with Crippen LogP contribution in [0.4, 0.5) is 5.69 Å². The number of anilines is 1. The van der Waals surface area contributed by atoms with E-state index in [0.29, 0.717) is 6.54 Å². The third-order valence-corrected chi connectivity index (χ3v) is 3.63. The van der Waals surface area contributed by atoms with Crippen LogP contribution in [0, 0.1) is 0 Å². The van der Waals surface area contributed by atoms with Gasteiger partial charge in [0, 0.05) is 24.8 Å². The molecule has 0 spiro atoms. The Morgan fingerprint density at radius 3 is 2.38 bits per heavy atom. The predicted octanol–water partition coefficient (Wildman–Crippen LogP) is 3.22. The van der Waals surface area contributed by atoms with Crippen molar-refractivity contribution in [3.8, 4) is 5.75 Å². The van der Waals surface area contributed by atoms with Crippen molar-refractivity contribution in [2.45, 2.75) is 19.9 Å². The van der Waals surface area contributed by atoms with Crippen LogP contribution in [0.15, 0.2) is 48.5 Å². The van der Waals surface area contributed by atoms with Crippen molar-refractivity contribution in [1.82, 2.24) is 0 Å². The van der Waals surface area contributed by atoms with Gasteiger partial charge in [-0.1, -0.05) is 30.3 Å². The highest BCUT2D eigenvalue weighted by Gasteiger charge is 2.06. The van der Waals surface area contributed by atoms with Crippen molar-refractivity contribution >= 4 is 5.69 Å². The molecule has 0 heterocycles. The highest BCUT2D eigenvalue weighted by molar-refractivity contribution is 5.51. The third-order valence-electron chi connectivity index (χ3n) is 3.63. The predicted molar refractivity (Wildman–Crippen MR) is 88.9 cm³/mol. The summed E-state index contributed by atoms with van der Waals surface area (Å²) in [7, 11) is 1.70. The SMILES string of the molecule is CCN(Cc1ccc(CCN)cc1)c1cccc(OC)c1. The average molecular weight is 284 g/mol. The summed E-state index contributed by atoms with van der Waals surface area (Å²) in [6, 6.07) is 16.9. The topological polar surface area (TPSA) is 38.5 Å². The maximum Gasteiger partial charge on any atom is 0.120 e. The van der Waals surface area contributed by atoms with Gasteiger partial charge < -0.3 is 15.4 Å². The normalized spacial score (nSPS) is 10.4. The summed E-state index contributed by atoms with van der Waals surface area (Å²) in [6.45, 7) is 4.72. The first-order chi connectivity index (χ1) is 10.3. The van der Waals surface area contributed by atoms with Crippen LogP contribution in [0.5, 0.6) is 5.75 Å². The fourth-order valence-electron chi connectivity index (χ4n) is 2.39. The van der Waals surface area contributed by atoms with Gasteiger partial charge in [-0.3, -0.25) is 0 Å². The van der Waals surface area contributed by atoms with Gasteiger partial charge in [0.05, 0.1) is 7.11 Å². The van der Waals surface area contributed by atoms with Crippen molar-refractivity contribution in [2.24, 2.45) is 5.73 Å². The number of nitrogens with two attached hydrogens (primary N) is 1. The maximum atomic E-state index is 5.58. The smallest absolute Gasteiger partial charge is 0.120 e. The molecule has 0 aliphatic carbocycles. The first-order valence-electron chi connectivity index (χ1n) is 7.43. The van der Waals surface area contributed by atoms with Gasteiger partial charge in [-0.05, 0) is 43.1 Å². The molecule has 0 unspecified atom stereocenters. The van der Waals surface area contributed by atoms with Crippen LogP contribution in [0.1, 0.15) is 18.1 Å². The van der Waals surface area contributed by atoms with Gasteiger partial charge in [0.25, 0.3) is 0 Å². The van der Waals surface area contributed by atoms with Gasteiger partial charge >= 0.3 is 0 Å². The summed E-state index contributed by atoms with van der Waals surface area (Å²) in [6.07, 6.45) is 0.938. The van der Waals surface area contributed by atoms with E-state index in [4.69, 9.17) is 10.5 Å². The highest BCUT2D eigenvalue weighted by atomic mass is 16.5. The number of rotatable bonds is 7. The van der Waals surface area contributed by atoms with Crippen LogP contribution < -0.4 is 15.4 Å². The molecule has 0 radical (unpaired) electrons. The zero-order chi connectivity index (χ0) is 15.1. The second-order valence-electron chi connectivity index (χ2n) is 5.07. The summed E-state index contributed by atoms with van der Waals surface area (Å²) in [5, 5.41) is 0. The van der Waals surface area contributed by atoms with E-state index < -0.39 is 0 Å². The zero-order valence-corrected chi connectivity index (χ0v) is 12.9. The number of nitrogens with zero attached hydrogens (tertiary/aromatic N) is 1. The van der Waals surface area contributed by atoms with Crippen LogP contribution in [-0.4, -0.2) is 20.2 Å². The molecule has 0 atom stereocenters. The molecule has 2 aromatic carbocycles. The summed E-state index contributed by atoms with van der Waals surface area (Å²) < 4.78 is 5.30. The molecule has 21 heavy (non-hydrogen) atoms. The fraction of sp³-hybridized carbons (Fsp3) is 0.333. The van der Waals surface area contributed by atoms with Crippen molar-refractivity contribution < 1.29 is 4.74 Å². The lowest BCUT2D eigenvalue weighted by atomic mass is 10.1. The summed E-state index contributed by atoms with van der Waals surface area (Å²) in [4.78, 5) is 2.33. The molecule has 3 nitrogen and oxygen atoms in total. The Balaban J connectivity index is 2.10. The van der Waals surface area contributed by atoms with Gasteiger partial charge in [-0.2, -0.15) is 0 Å². The van der Waals surface area contributed by atoms with Crippen molar-refractivity contribution in [3.63, 3.8) is 0 Å². The second kappa shape index (κ2) is 7.70. The van der Waals surface area contributed by atoms with E-state index in [2.05, 4.69) is 48.2 Å². The molecule has 0 aromatic heterocycles. The van der Waals surface area contributed by atoms with Gasteiger partial charge in [0.1, 0.15) is 5.75 Å². The lowest BCUT2D eigenvalue weighted by molar-refractivity contribution is 0.415. The monoisotopic (exact) mass is 284 g/mol. The van der Waals surface area contributed by atoms with Crippen LogP contribution in [0.25, 0.3) is 0 Å². The Bertz CT molecular complexity index is 551. The van der Waals surface area contributed by atoms with E-state index in [1.165, 1.54) is 16.8 Å². The molecule has 2 N–H and O–H groups in total. The Labute approximate surface area is 127 Å². The Hall–Kier alpha value is -2.00.